The smallest absolute Gasteiger partial charge is 0.354 e. The van der Waals surface area contributed by atoms with Crippen molar-refractivity contribution in [2.75, 3.05) is 4.90 Å². The number of aliphatic carboxylic acids is 1. The van der Waals surface area contributed by atoms with Gasteiger partial charge in [-0.1, -0.05) is 18.2 Å². The number of primary amides is 1. The Morgan fingerprint density at radius 3 is 2.47 bits per heavy atom. The molecule has 0 spiro atoms. The highest BCUT2D eigenvalue weighted by molar-refractivity contribution is 5.96. The van der Waals surface area contributed by atoms with Gasteiger partial charge in [0.15, 0.2) is 1.41 Å². The minimum atomic E-state index is -2.03. The van der Waals surface area contributed by atoms with Crippen LogP contribution in [0, 0.1) is 0 Å². The number of para-hydroxylation sites is 1. The number of anilines is 1. The maximum atomic E-state index is 11.3. The number of aliphatic hydroxyl groups is 1. The minimum Gasteiger partial charge on any atom is -0.478 e. The summed E-state index contributed by atoms with van der Waals surface area (Å²) in [6, 6.07) is 6.69. The zero-order chi connectivity index (χ0) is 12.1. The number of benzene rings is 1. The van der Waals surface area contributed by atoms with Crippen molar-refractivity contribution in [3.8, 4) is 0 Å². The van der Waals surface area contributed by atoms with E-state index in [1.54, 1.807) is 18.2 Å². The number of carbonyl (C=O) groups is 2. The maximum Gasteiger partial charge on any atom is 0.354 e. The first kappa shape index (κ1) is 9.47. The van der Waals surface area contributed by atoms with E-state index < -0.39 is 18.2 Å². The van der Waals surface area contributed by atoms with Crippen LogP contribution < -0.4 is 10.6 Å². The molecule has 0 aliphatic carbocycles. The van der Waals surface area contributed by atoms with Gasteiger partial charge in [-0.25, -0.2) is 9.59 Å². The summed E-state index contributed by atoms with van der Waals surface area (Å²) in [5.41, 5.74) is 1.70. The van der Waals surface area contributed by atoms with Crippen LogP contribution in [0.5, 0.6) is 0 Å². The van der Waals surface area contributed by atoms with Gasteiger partial charge in [0.2, 0.25) is 6.23 Å². The SMILES string of the molecule is [2H]NC(=O)N(c1ccccc1)C(O)C(=O)O. The molecular weight excluding hydrogens is 200 g/mol. The lowest BCUT2D eigenvalue weighted by molar-refractivity contribution is -0.146. The lowest BCUT2D eigenvalue weighted by Crippen LogP contribution is -2.48. The Kier molecular flexibility index (Phi) is 2.80. The zero-order valence-corrected chi connectivity index (χ0v) is 7.62. The first-order valence-electron chi connectivity index (χ1n) is 4.54. The van der Waals surface area contributed by atoms with E-state index >= 15 is 0 Å². The van der Waals surface area contributed by atoms with Crippen LogP contribution >= 0.6 is 0 Å². The summed E-state index contributed by atoms with van der Waals surface area (Å²) in [5.74, 6) is -1.58. The number of aliphatic hydroxyl groups excluding tert-OH is 1. The fourth-order valence-electron chi connectivity index (χ4n) is 1.07. The molecule has 2 amide bonds. The zero-order valence-electron chi connectivity index (χ0n) is 8.62. The van der Waals surface area contributed by atoms with Crippen molar-refractivity contribution in [2.24, 2.45) is 5.73 Å². The number of carboxylic acid groups (broad SMARTS) is 1. The van der Waals surface area contributed by atoms with Crippen LogP contribution in [0.25, 0.3) is 0 Å². The van der Waals surface area contributed by atoms with Crippen molar-refractivity contribution in [1.82, 2.24) is 0 Å². The van der Waals surface area contributed by atoms with Crippen LogP contribution in [0.3, 0.4) is 0 Å². The summed E-state index contributed by atoms with van der Waals surface area (Å²) in [4.78, 5) is 22.4. The van der Waals surface area contributed by atoms with Gasteiger partial charge in [-0.15, -0.1) is 0 Å². The summed E-state index contributed by atoms with van der Waals surface area (Å²) < 4.78 is 6.68. The predicted molar refractivity (Wildman–Crippen MR) is 52.1 cm³/mol. The molecular formula is C9H10N2O4. The van der Waals surface area contributed by atoms with Crippen LogP contribution in [-0.2, 0) is 4.79 Å². The van der Waals surface area contributed by atoms with Gasteiger partial charge in [0.1, 0.15) is 0 Å². The number of hydrogen-bond acceptors (Lipinski definition) is 3. The summed E-state index contributed by atoms with van der Waals surface area (Å²) in [5, 5.41) is 17.9. The molecule has 6 heteroatoms. The van der Waals surface area contributed by atoms with Gasteiger partial charge in [-0.2, -0.15) is 0 Å². The molecule has 1 aromatic carbocycles. The Bertz CT molecular complexity index is 384. The summed E-state index contributed by atoms with van der Waals surface area (Å²) in [6.45, 7) is 0. The molecule has 0 fully saturated rings. The van der Waals surface area contributed by atoms with E-state index in [-0.39, 0.29) is 5.69 Å². The molecule has 80 valence electrons. The molecule has 0 radical (unpaired) electrons. The van der Waals surface area contributed by atoms with Crippen LogP contribution in [-0.4, -0.2) is 28.4 Å². The molecule has 1 unspecified atom stereocenters. The van der Waals surface area contributed by atoms with Crippen LogP contribution in [0.2, 0.25) is 1.41 Å². The van der Waals surface area contributed by atoms with Crippen molar-refractivity contribution >= 4 is 17.7 Å². The fourth-order valence-corrected chi connectivity index (χ4v) is 1.07. The molecule has 6 nitrogen and oxygen atoms in total. The number of nitrogens with two attached hydrogens (primary N) is 1. The fraction of sp³-hybridized carbons (Fsp3) is 0.111. The first-order chi connectivity index (χ1) is 7.57. The molecule has 0 aliphatic rings. The number of nitrogens with zero attached hydrogens (tertiary/aromatic N) is 1. The molecule has 1 aromatic rings. The summed E-state index contributed by atoms with van der Waals surface area (Å²) >= 11 is 0. The molecule has 1 atom stereocenters. The van der Waals surface area contributed by atoms with Gasteiger partial charge < -0.3 is 15.9 Å². The second kappa shape index (κ2) is 4.43. The number of carboxylic acids is 1. The highest BCUT2D eigenvalue weighted by Gasteiger charge is 2.26. The van der Waals surface area contributed by atoms with Crippen molar-refractivity contribution in [1.29, 1.82) is 0 Å². The molecule has 0 aromatic heterocycles. The largest absolute Gasteiger partial charge is 0.478 e. The summed E-state index contributed by atoms with van der Waals surface area (Å²) in [7, 11) is 0. The van der Waals surface area contributed by atoms with Crippen molar-refractivity contribution in [3.63, 3.8) is 0 Å². The van der Waals surface area contributed by atoms with E-state index in [2.05, 4.69) is 0 Å². The van der Waals surface area contributed by atoms with Crippen molar-refractivity contribution < 1.29 is 21.2 Å². The Hall–Kier alpha value is -2.08. The molecule has 1 rings (SSSR count). The molecule has 0 saturated heterocycles. The monoisotopic (exact) mass is 211 g/mol. The van der Waals surface area contributed by atoms with E-state index in [0.717, 1.165) is 0 Å². The highest BCUT2D eigenvalue weighted by Crippen LogP contribution is 2.15. The van der Waals surface area contributed by atoms with E-state index in [1.807, 2.05) is 0 Å². The average Bonchev–Trinajstić information content (AvgIpc) is 2.30. The van der Waals surface area contributed by atoms with Crippen LogP contribution in [0.15, 0.2) is 30.3 Å². The molecule has 4 N–H and O–H groups in total. The molecule has 0 bridgehead atoms. The standard InChI is InChI=1S/C9H10N2O4/c10-9(15)11(7(12)8(13)14)6-4-2-1-3-5-6/h1-5,7,12H,(H2,10,15)(H,13,14)/i/hD. The average molecular weight is 211 g/mol. The number of carbonyl (C=O) groups excluding carboxylic acids is 1. The van der Waals surface area contributed by atoms with Gasteiger partial charge in [-0.05, 0) is 12.1 Å². The van der Waals surface area contributed by atoms with E-state index in [4.69, 9.17) is 6.52 Å². The normalized spacial score (nSPS) is 12.5. The third-order valence-corrected chi connectivity index (χ3v) is 1.72. The Balaban J connectivity index is 3.06. The van der Waals surface area contributed by atoms with E-state index in [1.165, 1.54) is 17.9 Å². The molecule has 15 heavy (non-hydrogen) atoms. The van der Waals surface area contributed by atoms with E-state index in [0.29, 0.717) is 4.90 Å². The Morgan fingerprint density at radius 1 is 1.40 bits per heavy atom. The van der Waals surface area contributed by atoms with Gasteiger partial charge in [0.25, 0.3) is 0 Å². The maximum absolute atomic E-state index is 11.3. The van der Waals surface area contributed by atoms with Crippen LogP contribution in [0.4, 0.5) is 10.5 Å². The molecule has 0 saturated carbocycles. The van der Waals surface area contributed by atoms with Gasteiger partial charge >= 0.3 is 12.0 Å². The quantitative estimate of drug-likeness (QED) is 0.611. The molecule has 0 aliphatic heterocycles. The predicted octanol–water partition coefficient (Wildman–Crippen LogP) is -0.0253. The number of hydrogen-bond donors (Lipinski definition) is 3. The highest BCUT2D eigenvalue weighted by atomic mass is 16.4. The Morgan fingerprint density at radius 2 is 2.00 bits per heavy atom. The van der Waals surface area contributed by atoms with Gasteiger partial charge in [0, 0.05) is 5.69 Å². The van der Waals surface area contributed by atoms with Gasteiger partial charge in [0.05, 0.1) is 0 Å². The lowest BCUT2D eigenvalue weighted by Gasteiger charge is -2.22. The third-order valence-electron chi connectivity index (χ3n) is 1.72. The topological polar surface area (TPSA) is 104 Å². The van der Waals surface area contributed by atoms with E-state index in [9.17, 15) is 14.7 Å². The lowest BCUT2D eigenvalue weighted by atomic mass is 10.3. The molecule has 0 heterocycles. The number of urea groups is 1. The second-order valence-electron chi connectivity index (χ2n) is 2.72. The van der Waals surface area contributed by atoms with Crippen molar-refractivity contribution in [2.45, 2.75) is 6.23 Å². The van der Waals surface area contributed by atoms with Gasteiger partial charge in [-0.3, -0.25) is 4.90 Å². The Labute approximate surface area is 87.0 Å². The van der Waals surface area contributed by atoms with Crippen LogP contribution in [0.1, 0.15) is 0 Å². The number of rotatable bonds is 3. The first-order valence-corrected chi connectivity index (χ1v) is 4.04. The van der Waals surface area contributed by atoms with Crippen molar-refractivity contribution in [3.05, 3.63) is 30.3 Å². The second-order valence-corrected chi connectivity index (χ2v) is 2.72. The summed E-state index contributed by atoms with van der Waals surface area (Å²) in [6.07, 6.45) is -2.03. The third kappa shape index (κ3) is 2.44. The number of amides is 2. The minimum absolute atomic E-state index is 0.183.